The van der Waals surface area contributed by atoms with Crippen LogP contribution in [0.4, 0.5) is 0 Å². The molecule has 182 valence electrons. The zero-order chi connectivity index (χ0) is 23.8. The number of carboxylic acids is 1. The Morgan fingerprint density at radius 3 is 2.68 bits per heavy atom. The minimum absolute atomic E-state index is 0.0462. The van der Waals surface area contributed by atoms with Gasteiger partial charge in [0.15, 0.2) is 5.78 Å². The van der Waals surface area contributed by atoms with E-state index in [1.54, 1.807) is 0 Å². The van der Waals surface area contributed by atoms with E-state index in [0.717, 1.165) is 43.0 Å². The summed E-state index contributed by atoms with van der Waals surface area (Å²) in [4.78, 5) is 26.0. The lowest BCUT2D eigenvalue weighted by Crippen LogP contribution is -2.49. The van der Waals surface area contributed by atoms with E-state index in [4.69, 9.17) is 19.0 Å². The van der Waals surface area contributed by atoms with Crippen LogP contribution in [-0.2, 0) is 25.7 Å². The summed E-state index contributed by atoms with van der Waals surface area (Å²) in [6.07, 6.45) is 6.54. The molecule has 2 heterocycles. The van der Waals surface area contributed by atoms with Gasteiger partial charge in [-0.15, -0.1) is 0 Å². The van der Waals surface area contributed by atoms with Crippen LogP contribution in [-0.4, -0.2) is 60.2 Å². The number of allylic oxidation sites excluding steroid dienone is 2. The molecule has 0 unspecified atom stereocenters. The topological polar surface area (TPSA) is 89.2 Å². The number of nitrogens with zero attached hydrogens (tertiary/aromatic N) is 1. The molecule has 4 rings (SSSR count). The van der Waals surface area contributed by atoms with E-state index in [1.807, 2.05) is 48.5 Å². The molecule has 0 amide bonds. The highest BCUT2D eigenvalue weighted by molar-refractivity contribution is 5.87. The van der Waals surface area contributed by atoms with Gasteiger partial charge in [-0.25, -0.2) is 0 Å². The first-order valence-electron chi connectivity index (χ1n) is 12.1. The van der Waals surface area contributed by atoms with Crippen molar-refractivity contribution in [2.24, 2.45) is 5.92 Å². The van der Waals surface area contributed by atoms with Crippen molar-refractivity contribution >= 4 is 11.8 Å². The van der Waals surface area contributed by atoms with E-state index in [2.05, 4.69) is 11.0 Å². The van der Waals surface area contributed by atoms with Crippen molar-refractivity contribution in [2.75, 3.05) is 26.3 Å². The van der Waals surface area contributed by atoms with E-state index < -0.39 is 5.97 Å². The van der Waals surface area contributed by atoms with Crippen LogP contribution in [0.3, 0.4) is 0 Å². The molecule has 0 bridgehead atoms. The van der Waals surface area contributed by atoms with Gasteiger partial charge in [-0.1, -0.05) is 42.5 Å². The monoisotopic (exact) mass is 467 g/mol. The standard InChI is InChI=1S/C27H33NO6/c29-23-18-25(33-19-21-12-13-24(34-21)20-8-4-3-5-9-20)22(10-6-1-2-7-11-26(30)31)27(23)28-14-16-32-17-15-28/h1,3-6,8-9,12-13,22,25,27H,2,7,10-11,14-19H2,(H,30,31)/t22-,25-,27+/m0/s1. The second kappa shape index (κ2) is 12.1. The molecule has 1 aliphatic heterocycles. The van der Waals surface area contributed by atoms with E-state index in [9.17, 15) is 9.59 Å². The van der Waals surface area contributed by atoms with Crippen molar-refractivity contribution in [3.05, 3.63) is 60.4 Å². The third-order valence-electron chi connectivity index (χ3n) is 6.55. The third kappa shape index (κ3) is 6.44. The van der Waals surface area contributed by atoms with Crippen molar-refractivity contribution in [2.45, 2.75) is 50.9 Å². The van der Waals surface area contributed by atoms with Gasteiger partial charge < -0.3 is 19.0 Å². The van der Waals surface area contributed by atoms with Gasteiger partial charge in [-0.2, -0.15) is 0 Å². The van der Waals surface area contributed by atoms with Crippen LogP contribution in [0.15, 0.2) is 59.0 Å². The van der Waals surface area contributed by atoms with Gasteiger partial charge >= 0.3 is 5.97 Å². The van der Waals surface area contributed by atoms with Gasteiger partial charge in [-0.3, -0.25) is 14.5 Å². The molecule has 1 saturated carbocycles. The number of ether oxygens (including phenoxy) is 2. The maximum absolute atomic E-state index is 13.0. The highest BCUT2D eigenvalue weighted by Gasteiger charge is 2.45. The maximum atomic E-state index is 13.0. The second-order valence-electron chi connectivity index (χ2n) is 8.90. The average molecular weight is 468 g/mol. The van der Waals surface area contributed by atoms with E-state index in [1.165, 1.54) is 0 Å². The summed E-state index contributed by atoms with van der Waals surface area (Å²) in [5, 5.41) is 8.80. The minimum Gasteiger partial charge on any atom is -0.481 e. The Morgan fingerprint density at radius 1 is 1.12 bits per heavy atom. The quantitative estimate of drug-likeness (QED) is 0.389. The lowest BCUT2D eigenvalue weighted by molar-refractivity contribution is -0.137. The molecule has 1 N–H and O–H groups in total. The number of Topliss-reactive ketones (excluding diaryl/α,β-unsaturated/α-hetero) is 1. The average Bonchev–Trinajstić information content (AvgIpc) is 3.45. The summed E-state index contributed by atoms with van der Waals surface area (Å²) < 4.78 is 17.7. The van der Waals surface area contributed by atoms with Crippen LogP contribution in [0.5, 0.6) is 0 Å². The van der Waals surface area contributed by atoms with Crippen LogP contribution in [0, 0.1) is 5.92 Å². The van der Waals surface area contributed by atoms with Gasteiger partial charge in [0, 0.05) is 37.4 Å². The number of aliphatic carboxylic acids is 1. The van der Waals surface area contributed by atoms with Gasteiger partial charge in [0.25, 0.3) is 0 Å². The largest absolute Gasteiger partial charge is 0.481 e. The fraction of sp³-hybridized carbons (Fsp3) is 0.481. The smallest absolute Gasteiger partial charge is 0.303 e. The first-order chi connectivity index (χ1) is 16.6. The Bertz CT molecular complexity index is 963. The number of furan rings is 1. The highest BCUT2D eigenvalue weighted by atomic mass is 16.5. The molecule has 7 heteroatoms. The summed E-state index contributed by atoms with van der Waals surface area (Å²) in [7, 11) is 0. The molecule has 2 fully saturated rings. The molecule has 34 heavy (non-hydrogen) atoms. The molecule has 1 aromatic carbocycles. The summed E-state index contributed by atoms with van der Waals surface area (Å²) in [6.45, 7) is 3.10. The third-order valence-corrected chi connectivity index (χ3v) is 6.55. The SMILES string of the molecule is O=C(O)CCCC=CC[C@H]1[C@@H](OCc2ccc(-c3ccccc3)o2)CC(=O)[C@@H]1N1CCOCC1. The highest BCUT2D eigenvalue weighted by Crippen LogP contribution is 2.34. The number of rotatable bonds is 11. The molecule has 0 spiro atoms. The number of carbonyl (C=O) groups is 2. The molecule has 2 aliphatic rings. The van der Waals surface area contributed by atoms with Crippen molar-refractivity contribution < 1.29 is 28.6 Å². The summed E-state index contributed by atoms with van der Waals surface area (Å²) >= 11 is 0. The van der Waals surface area contributed by atoms with E-state index in [0.29, 0.717) is 32.7 Å². The number of hydrogen-bond acceptors (Lipinski definition) is 6. The van der Waals surface area contributed by atoms with Crippen LogP contribution < -0.4 is 0 Å². The van der Waals surface area contributed by atoms with Crippen LogP contribution >= 0.6 is 0 Å². The van der Waals surface area contributed by atoms with Crippen molar-refractivity contribution in [3.8, 4) is 11.3 Å². The molecule has 3 atom stereocenters. The van der Waals surface area contributed by atoms with Crippen molar-refractivity contribution in [1.29, 1.82) is 0 Å². The molecule has 0 radical (unpaired) electrons. The summed E-state index contributed by atoms with van der Waals surface area (Å²) in [5.41, 5.74) is 1.02. The minimum atomic E-state index is -0.774. The van der Waals surface area contributed by atoms with Crippen molar-refractivity contribution in [3.63, 3.8) is 0 Å². The number of morpholine rings is 1. The molecular formula is C27H33NO6. The lowest BCUT2D eigenvalue weighted by Gasteiger charge is -2.35. The Labute approximate surface area is 200 Å². The van der Waals surface area contributed by atoms with Gasteiger partial charge in [0.2, 0.25) is 0 Å². The van der Waals surface area contributed by atoms with Gasteiger partial charge in [0.05, 0.1) is 25.4 Å². The van der Waals surface area contributed by atoms with E-state index in [-0.39, 0.29) is 30.3 Å². The van der Waals surface area contributed by atoms with Crippen LogP contribution in [0.2, 0.25) is 0 Å². The normalized spacial score (nSPS) is 23.6. The van der Waals surface area contributed by atoms with Gasteiger partial charge in [0.1, 0.15) is 18.1 Å². The van der Waals surface area contributed by atoms with Gasteiger partial charge in [-0.05, 0) is 31.4 Å². The number of hydrogen-bond donors (Lipinski definition) is 1. The predicted molar refractivity (Wildman–Crippen MR) is 127 cm³/mol. The predicted octanol–water partition coefficient (Wildman–Crippen LogP) is 4.32. The Hall–Kier alpha value is -2.74. The Morgan fingerprint density at radius 2 is 1.91 bits per heavy atom. The zero-order valence-corrected chi connectivity index (χ0v) is 19.4. The fourth-order valence-electron chi connectivity index (χ4n) is 4.85. The number of benzene rings is 1. The van der Waals surface area contributed by atoms with Crippen molar-refractivity contribution in [1.82, 2.24) is 4.90 Å². The maximum Gasteiger partial charge on any atom is 0.303 e. The Kier molecular flexibility index (Phi) is 8.68. The summed E-state index contributed by atoms with van der Waals surface area (Å²) in [6, 6.07) is 13.6. The molecule has 7 nitrogen and oxygen atoms in total. The molecule has 2 aromatic rings. The second-order valence-corrected chi connectivity index (χ2v) is 8.90. The first-order valence-corrected chi connectivity index (χ1v) is 12.1. The zero-order valence-electron chi connectivity index (χ0n) is 19.4. The molecule has 1 aliphatic carbocycles. The lowest BCUT2D eigenvalue weighted by atomic mass is 9.95. The number of ketones is 1. The first kappa shape index (κ1) is 24.4. The molecule has 1 aromatic heterocycles. The summed E-state index contributed by atoms with van der Waals surface area (Å²) in [5.74, 6) is 1.03. The number of carbonyl (C=O) groups excluding carboxylic acids is 1. The molecular weight excluding hydrogens is 434 g/mol. The number of carboxylic acid groups (broad SMARTS) is 1. The molecule has 1 saturated heterocycles. The Balaban J connectivity index is 1.39. The van der Waals surface area contributed by atoms with E-state index >= 15 is 0 Å². The fourth-order valence-corrected chi connectivity index (χ4v) is 4.85. The van der Waals surface area contributed by atoms with Crippen LogP contribution in [0.25, 0.3) is 11.3 Å². The number of unbranched alkanes of at least 4 members (excludes halogenated alkanes) is 1. The van der Waals surface area contributed by atoms with Crippen LogP contribution in [0.1, 0.15) is 37.9 Å².